The summed E-state index contributed by atoms with van der Waals surface area (Å²) >= 11 is 0. The summed E-state index contributed by atoms with van der Waals surface area (Å²) in [5.74, 6) is 0.920. The van der Waals surface area contributed by atoms with E-state index in [1.807, 2.05) is 12.1 Å². The van der Waals surface area contributed by atoms with Crippen LogP contribution in [0.15, 0.2) is 48.7 Å². The Kier molecular flexibility index (Phi) is 3.93. The molecule has 2 heteroatoms. The summed E-state index contributed by atoms with van der Waals surface area (Å²) < 4.78 is 8.29. The van der Waals surface area contributed by atoms with Crippen molar-refractivity contribution in [1.29, 1.82) is 0 Å². The van der Waals surface area contributed by atoms with Crippen molar-refractivity contribution in [3.8, 4) is 5.75 Å². The van der Waals surface area contributed by atoms with Crippen LogP contribution in [-0.2, 0) is 6.61 Å². The Balaban J connectivity index is 1.91. The summed E-state index contributed by atoms with van der Waals surface area (Å²) in [6.45, 7) is 9.25. The Hall–Kier alpha value is -2.22. The standard InChI is InChI=1S/C20H23NO/c1-14(2)21-12-17(19-10-7-16(4)11-20(19)21)13-22-18-8-5-15(3)6-9-18/h5-12,14H,13H2,1-4H3. The average molecular weight is 293 g/mol. The highest BCUT2D eigenvalue weighted by Crippen LogP contribution is 2.27. The van der Waals surface area contributed by atoms with Gasteiger partial charge < -0.3 is 9.30 Å². The minimum atomic E-state index is 0.442. The number of hydrogen-bond donors (Lipinski definition) is 0. The monoisotopic (exact) mass is 293 g/mol. The summed E-state index contributed by atoms with van der Waals surface area (Å²) in [6, 6.07) is 15.3. The van der Waals surface area contributed by atoms with E-state index in [1.54, 1.807) is 0 Å². The van der Waals surface area contributed by atoms with Gasteiger partial charge in [-0.05, 0) is 51.5 Å². The van der Waals surface area contributed by atoms with E-state index >= 15 is 0 Å². The molecule has 22 heavy (non-hydrogen) atoms. The zero-order chi connectivity index (χ0) is 15.7. The predicted molar refractivity (Wildman–Crippen MR) is 92.6 cm³/mol. The van der Waals surface area contributed by atoms with Crippen LogP contribution in [0.1, 0.15) is 36.6 Å². The molecule has 0 saturated heterocycles. The molecule has 0 amide bonds. The highest BCUT2D eigenvalue weighted by molar-refractivity contribution is 5.84. The van der Waals surface area contributed by atoms with Gasteiger partial charge in [0.2, 0.25) is 0 Å². The first-order valence-corrected chi connectivity index (χ1v) is 7.84. The van der Waals surface area contributed by atoms with Gasteiger partial charge in [0, 0.05) is 28.7 Å². The Bertz CT molecular complexity index is 781. The molecular formula is C20H23NO. The lowest BCUT2D eigenvalue weighted by Crippen LogP contribution is -1.98. The third kappa shape index (κ3) is 2.87. The molecule has 3 aromatic rings. The average Bonchev–Trinajstić information content (AvgIpc) is 2.85. The van der Waals surface area contributed by atoms with Crippen LogP contribution in [0.2, 0.25) is 0 Å². The quantitative estimate of drug-likeness (QED) is 0.626. The van der Waals surface area contributed by atoms with E-state index in [-0.39, 0.29) is 0 Å². The number of ether oxygens (including phenoxy) is 1. The summed E-state index contributed by atoms with van der Waals surface area (Å²) in [5, 5.41) is 1.28. The lowest BCUT2D eigenvalue weighted by Gasteiger charge is -2.09. The lowest BCUT2D eigenvalue weighted by atomic mass is 10.1. The van der Waals surface area contributed by atoms with Gasteiger partial charge in [-0.1, -0.05) is 29.8 Å². The summed E-state index contributed by atoms with van der Waals surface area (Å²) in [4.78, 5) is 0. The molecule has 114 valence electrons. The molecule has 0 aliphatic rings. The van der Waals surface area contributed by atoms with E-state index in [2.05, 4.69) is 68.8 Å². The van der Waals surface area contributed by atoms with Crippen LogP contribution in [0.4, 0.5) is 0 Å². The first-order chi connectivity index (χ1) is 10.5. The van der Waals surface area contributed by atoms with Crippen molar-refractivity contribution in [1.82, 2.24) is 4.57 Å². The fourth-order valence-electron chi connectivity index (χ4n) is 2.77. The maximum atomic E-state index is 5.97. The molecule has 0 unspecified atom stereocenters. The van der Waals surface area contributed by atoms with Crippen LogP contribution >= 0.6 is 0 Å². The number of nitrogens with zero attached hydrogens (tertiary/aromatic N) is 1. The zero-order valence-electron chi connectivity index (χ0n) is 13.8. The Morgan fingerprint density at radius 3 is 2.32 bits per heavy atom. The molecule has 2 aromatic carbocycles. The van der Waals surface area contributed by atoms with Crippen molar-refractivity contribution in [3.05, 3.63) is 65.4 Å². The molecule has 3 rings (SSSR count). The predicted octanol–water partition coefficient (Wildman–Crippen LogP) is 5.42. The molecule has 1 aromatic heterocycles. The van der Waals surface area contributed by atoms with E-state index in [1.165, 1.54) is 27.6 Å². The maximum absolute atomic E-state index is 5.97. The van der Waals surface area contributed by atoms with Crippen LogP contribution < -0.4 is 4.74 Å². The second-order valence-corrected chi connectivity index (χ2v) is 6.28. The minimum Gasteiger partial charge on any atom is -0.489 e. The van der Waals surface area contributed by atoms with Gasteiger partial charge in [-0.3, -0.25) is 0 Å². The zero-order valence-corrected chi connectivity index (χ0v) is 13.8. The summed E-state index contributed by atoms with van der Waals surface area (Å²) in [7, 11) is 0. The minimum absolute atomic E-state index is 0.442. The van der Waals surface area contributed by atoms with Crippen LogP contribution in [0.3, 0.4) is 0 Å². The van der Waals surface area contributed by atoms with Crippen LogP contribution in [0.25, 0.3) is 10.9 Å². The molecular weight excluding hydrogens is 270 g/mol. The SMILES string of the molecule is Cc1ccc(OCc2cn(C(C)C)c3cc(C)ccc23)cc1. The van der Waals surface area contributed by atoms with Gasteiger partial charge in [-0.15, -0.1) is 0 Å². The molecule has 0 bridgehead atoms. The van der Waals surface area contributed by atoms with E-state index in [4.69, 9.17) is 4.74 Å². The van der Waals surface area contributed by atoms with Crippen LogP contribution in [0.5, 0.6) is 5.75 Å². The van der Waals surface area contributed by atoms with Crippen molar-refractivity contribution in [2.45, 2.75) is 40.3 Å². The molecule has 1 heterocycles. The molecule has 0 spiro atoms. The molecule has 0 radical (unpaired) electrons. The van der Waals surface area contributed by atoms with Crippen molar-refractivity contribution in [2.75, 3.05) is 0 Å². The van der Waals surface area contributed by atoms with Crippen LogP contribution in [-0.4, -0.2) is 4.57 Å². The molecule has 0 fully saturated rings. The molecule has 2 nitrogen and oxygen atoms in total. The molecule has 0 aliphatic carbocycles. The van der Waals surface area contributed by atoms with Gasteiger partial charge >= 0.3 is 0 Å². The van der Waals surface area contributed by atoms with Gasteiger partial charge in [-0.2, -0.15) is 0 Å². The molecule has 0 saturated carbocycles. The van der Waals surface area contributed by atoms with Crippen molar-refractivity contribution < 1.29 is 4.74 Å². The van der Waals surface area contributed by atoms with Crippen molar-refractivity contribution >= 4 is 10.9 Å². The third-order valence-electron chi connectivity index (χ3n) is 4.04. The largest absolute Gasteiger partial charge is 0.489 e. The third-order valence-corrected chi connectivity index (χ3v) is 4.04. The first kappa shape index (κ1) is 14.7. The topological polar surface area (TPSA) is 14.2 Å². The number of fused-ring (bicyclic) bond motifs is 1. The highest BCUT2D eigenvalue weighted by atomic mass is 16.5. The van der Waals surface area contributed by atoms with E-state index in [0.29, 0.717) is 12.6 Å². The molecule has 0 aliphatic heterocycles. The normalized spacial score (nSPS) is 11.3. The van der Waals surface area contributed by atoms with Gasteiger partial charge in [0.15, 0.2) is 0 Å². The van der Waals surface area contributed by atoms with Crippen molar-refractivity contribution in [2.24, 2.45) is 0 Å². The van der Waals surface area contributed by atoms with Gasteiger partial charge in [-0.25, -0.2) is 0 Å². The lowest BCUT2D eigenvalue weighted by molar-refractivity contribution is 0.307. The number of benzene rings is 2. The highest BCUT2D eigenvalue weighted by Gasteiger charge is 2.11. The van der Waals surface area contributed by atoms with Gasteiger partial charge in [0.1, 0.15) is 12.4 Å². The van der Waals surface area contributed by atoms with E-state index in [9.17, 15) is 0 Å². The Morgan fingerprint density at radius 2 is 1.64 bits per heavy atom. The van der Waals surface area contributed by atoms with E-state index < -0.39 is 0 Å². The maximum Gasteiger partial charge on any atom is 0.119 e. The second-order valence-electron chi connectivity index (χ2n) is 6.28. The number of rotatable bonds is 4. The summed E-state index contributed by atoms with van der Waals surface area (Å²) in [5.41, 5.74) is 5.07. The number of aromatic nitrogens is 1. The van der Waals surface area contributed by atoms with Crippen molar-refractivity contribution in [3.63, 3.8) is 0 Å². The molecule has 0 N–H and O–H groups in total. The Labute approximate surface area is 132 Å². The van der Waals surface area contributed by atoms with E-state index in [0.717, 1.165) is 5.75 Å². The molecule has 0 atom stereocenters. The fraction of sp³-hybridized carbons (Fsp3) is 0.300. The summed E-state index contributed by atoms with van der Waals surface area (Å²) in [6.07, 6.45) is 2.23. The van der Waals surface area contributed by atoms with Gasteiger partial charge in [0.05, 0.1) is 0 Å². The smallest absolute Gasteiger partial charge is 0.119 e. The number of aryl methyl sites for hydroxylation is 2. The van der Waals surface area contributed by atoms with Gasteiger partial charge in [0.25, 0.3) is 0 Å². The second kappa shape index (κ2) is 5.88. The first-order valence-electron chi connectivity index (χ1n) is 7.84. The Morgan fingerprint density at radius 1 is 0.955 bits per heavy atom. The fourth-order valence-corrected chi connectivity index (χ4v) is 2.77. The number of hydrogen-bond acceptors (Lipinski definition) is 1. The van der Waals surface area contributed by atoms with Crippen LogP contribution in [0, 0.1) is 13.8 Å².